The SMILES string of the molecule is C=C(CCCC(=O)c1ccc(OC(C)C)cc1)N[C@H](CN1CCCC1)[C@H](O)c1ccc2c(c1)OCCC1=C2[CH]1. The van der Waals surface area contributed by atoms with Gasteiger partial charge in [-0.15, -0.1) is 0 Å². The Hall–Kier alpha value is -3.09. The van der Waals surface area contributed by atoms with Crippen LogP contribution in [0.1, 0.15) is 80.0 Å². The van der Waals surface area contributed by atoms with Crippen molar-refractivity contribution in [3.8, 4) is 11.5 Å². The molecule has 1 fully saturated rings. The number of aliphatic hydroxyl groups excluding tert-OH is 1. The average molecular weight is 530 g/mol. The number of nitrogens with zero attached hydrogens (tertiary/aromatic N) is 1. The zero-order chi connectivity index (χ0) is 27.4. The van der Waals surface area contributed by atoms with E-state index in [1.807, 2.05) is 50.2 Å². The van der Waals surface area contributed by atoms with Gasteiger partial charge in [0.15, 0.2) is 5.78 Å². The van der Waals surface area contributed by atoms with Crippen LogP contribution in [0.25, 0.3) is 5.57 Å². The Morgan fingerprint density at radius 2 is 1.90 bits per heavy atom. The highest BCUT2D eigenvalue weighted by Gasteiger charge is 2.31. The van der Waals surface area contributed by atoms with Crippen LogP contribution in [0.3, 0.4) is 0 Å². The van der Waals surface area contributed by atoms with Crippen molar-refractivity contribution in [2.45, 2.75) is 70.6 Å². The first-order valence-corrected chi connectivity index (χ1v) is 14.4. The van der Waals surface area contributed by atoms with E-state index in [-0.39, 0.29) is 17.9 Å². The van der Waals surface area contributed by atoms with Gasteiger partial charge >= 0.3 is 0 Å². The number of ketones is 1. The largest absolute Gasteiger partial charge is 0.493 e. The number of hydrogen-bond acceptors (Lipinski definition) is 6. The van der Waals surface area contributed by atoms with Gasteiger partial charge in [0.2, 0.25) is 0 Å². The summed E-state index contributed by atoms with van der Waals surface area (Å²) in [5, 5.41) is 15.0. The quantitative estimate of drug-likeness (QED) is 0.316. The Balaban J connectivity index is 1.18. The summed E-state index contributed by atoms with van der Waals surface area (Å²) in [5.41, 5.74) is 6.19. The van der Waals surface area contributed by atoms with Gasteiger partial charge < -0.3 is 24.8 Å². The molecule has 207 valence electrons. The van der Waals surface area contributed by atoms with Crippen molar-refractivity contribution < 1.29 is 19.4 Å². The number of ether oxygens (including phenoxy) is 2. The van der Waals surface area contributed by atoms with Gasteiger partial charge in [-0.05, 0) is 94.1 Å². The first-order valence-electron chi connectivity index (χ1n) is 14.4. The van der Waals surface area contributed by atoms with Crippen molar-refractivity contribution in [3.63, 3.8) is 0 Å². The predicted octanol–water partition coefficient (Wildman–Crippen LogP) is 5.88. The summed E-state index contributed by atoms with van der Waals surface area (Å²) in [6, 6.07) is 13.3. The van der Waals surface area contributed by atoms with E-state index in [1.54, 1.807) is 0 Å². The summed E-state index contributed by atoms with van der Waals surface area (Å²) in [4.78, 5) is 15.1. The molecule has 0 bridgehead atoms. The minimum absolute atomic E-state index is 0.102. The van der Waals surface area contributed by atoms with Crippen LogP contribution in [0.15, 0.2) is 60.3 Å². The molecule has 0 saturated carbocycles. The topological polar surface area (TPSA) is 71.0 Å². The first-order chi connectivity index (χ1) is 18.9. The lowest BCUT2D eigenvalue weighted by atomic mass is 9.98. The third-order valence-electron chi connectivity index (χ3n) is 7.70. The molecular formula is C33H41N2O4. The number of hydrogen-bond donors (Lipinski definition) is 2. The number of fused-ring (bicyclic) bond motifs is 2. The highest BCUT2D eigenvalue weighted by Crippen LogP contribution is 2.47. The highest BCUT2D eigenvalue weighted by molar-refractivity contribution is 5.96. The molecular weight excluding hydrogens is 488 g/mol. The summed E-state index contributed by atoms with van der Waals surface area (Å²) >= 11 is 0. The minimum Gasteiger partial charge on any atom is -0.493 e. The van der Waals surface area contributed by atoms with Crippen LogP contribution in [0.5, 0.6) is 11.5 Å². The van der Waals surface area contributed by atoms with Crippen LogP contribution >= 0.6 is 0 Å². The van der Waals surface area contributed by atoms with Crippen LogP contribution in [0.4, 0.5) is 0 Å². The molecule has 1 radical (unpaired) electrons. The van der Waals surface area contributed by atoms with Gasteiger partial charge in [-0.2, -0.15) is 0 Å². The number of benzene rings is 2. The van der Waals surface area contributed by atoms with Crippen molar-refractivity contribution in [1.82, 2.24) is 10.2 Å². The molecule has 2 aliphatic heterocycles. The second-order valence-corrected chi connectivity index (χ2v) is 11.2. The Bertz CT molecular complexity index is 1210. The molecule has 0 amide bonds. The summed E-state index contributed by atoms with van der Waals surface area (Å²) in [6.07, 6.45) is 6.76. The lowest BCUT2D eigenvalue weighted by Gasteiger charge is -2.30. The maximum Gasteiger partial charge on any atom is 0.162 e. The molecule has 6 heteroatoms. The van der Waals surface area contributed by atoms with Gasteiger partial charge in [0.25, 0.3) is 0 Å². The van der Waals surface area contributed by atoms with Gasteiger partial charge in [-0.1, -0.05) is 24.3 Å². The summed E-state index contributed by atoms with van der Waals surface area (Å²) in [5.74, 6) is 1.74. The lowest BCUT2D eigenvalue weighted by Crippen LogP contribution is -2.43. The second kappa shape index (κ2) is 12.4. The molecule has 6 nitrogen and oxygen atoms in total. The second-order valence-electron chi connectivity index (χ2n) is 11.2. The molecule has 2 aromatic carbocycles. The van der Waals surface area contributed by atoms with Crippen molar-refractivity contribution in [3.05, 3.63) is 83.4 Å². The van der Waals surface area contributed by atoms with E-state index in [1.165, 1.54) is 24.0 Å². The molecule has 1 aliphatic carbocycles. The predicted molar refractivity (Wildman–Crippen MR) is 155 cm³/mol. The van der Waals surface area contributed by atoms with E-state index in [9.17, 15) is 9.90 Å². The van der Waals surface area contributed by atoms with E-state index in [0.29, 0.717) is 31.4 Å². The smallest absolute Gasteiger partial charge is 0.162 e. The fourth-order valence-corrected chi connectivity index (χ4v) is 5.56. The standard InChI is InChI=1S/C33H41N2O4/c1-22(2)39-27-12-9-24(10-13-27)31(36)8-6-7-23(3)34-30(21-35-16-4-5-17-35)33(37)26-11-14-28-29-19-25(29)15-18-38-32(28)20-26/h9-14,19-20,22,30,33-34,37H,3-8,15-18,21H2,1-2H3/t30-,33-/m1/s1. The number of likely N-dealkylation sites (tertiary alicyclic amines) is 1. The van der Waals surface area contributed by atoms with Gasteiger partial charge in [0, 0.05) is 42.6 Å². The van der Waals surface area contributed by atoms with E-state index in [2.05, 4.69) is 29.3 Å². The summed E-state index contributed by atoms with van der Waals surface area (Å²) < 4.78 is 11.7. The number of rotatable bonds is 13. The minimum atomic E-state index is -0.704. The molecule has 1 saturated heterocycles. The summed E-state index contributed by atoms with van der Waals surface area (Å²) in [6.45, 7) is 11.7. The van der Waals surface area contributed by atoms with Crippen LogP contribution in [-0.2, 0) is 0 Å². The molecule has 2 heterocycles. The molecule has 0 aromatic heterocycles. The Labute approximate surface area is 232 Å². The zero-order valence-corrected chi connectivity index (χ0v) is 23.2. The van der Waals surface area contributed by atoms with Crippen LogP contribution in [-0.4, -0.2) is 54.2 Å². The van der Waals surface area contributed by atoms with E-state index in [4.69, 9.17) is 9.47 Å². The van der Waals surface area contributed by atoms with Crippen molar-refractivity contribution in [1.29, 1.82) is 0 Å². The first kappa shape index (κ1) is 27.5. The normalized spacial score (nSPS) is 18.1. The monoisotopic (exact) mass is 529 g/mol. The molecule has 39 heavy (non-hydrogen) atoms. The van der Waals surface area contributed by atoms with Crippen LogP contribution in [0, 0.1) is 6.42 Å². The van der Waals surface area contributed by atoms with Gasteiger partial charge in [-0.25, -0.2) is 0 Å². The number of carbonyl (C=O) groups is 1. The number of allylic oxidation sites excluding steroid dienone is 2. The molecule has 2 N–H and O–H groups in total. The third-order valence-corrected chi connectivity index (χ3v) is 7.70. The molecule has 2 aromatic rings. The number of aliphatic hydroxyl groups is 1. The van der Waals surface area contributed by atoms with Crippen LogP contribution in [0.2, 0.25) is 0 Å². The van der Waals surface area contributed by atoms with Gasteiger partial charge in [-0.3, -0.25) is 4.79 Å². The van der Waals surface area contributed by atoms with Gasteiger partial charge in [0.1, 0.15) is 17.6 Å². The number of Topliss-reactive ketones (excluding diaryl/α,β-unsaturated/α-hetero) is 1. The molecule has 3 aliphatic rings. The van der Waals surface area contributed by atoms with Crippen molar-refractivity contribution >= 4 is 11.4 Å². The Morgan fingerprint density at radius 3 is 2.64 bits per heavy atom. The molecule has 0 unspecified atom stereocenters. The fraction of sp³-hybridized carbons (Fsp3) is 0.455. The number of nitrogens with one attached hydrogen (secondary N) is 1. The zero-order valence-electron chi connectivity index (χ0n) is 23.2. The van der Waals surface area contributed by atoms with Crippen molar-refractivity contribution in [2.75, 3.05) is 26.2 Å². The summed E-state index contributed by atoms with van der Waals surface area (Å²) in [7, 11) is 0. The van der Waals surface area contributed by atoms with Gasteiger partial charge in [0.05, 0.1) is 18.8 Å². The molecule has 5 rings (SSSR count). The van der Waals surface area contributed by atoms with Crippen molar-refractivity contribution in [2.24, 2.45) is 0 Å². The Morgan fingerprint density at radius 1 is 1.13 bits per heavy atom. The van der Waals surface area contributed by atoms with E-state index < -0.39 is 6.10 Å². The van der Waals surface area contributed by atoms with E-state index in [0.717, 1.165) is 54.4 Å². The third kappa shape index (κ3) is 7.11. The maximum absolute atomic E-state index is 12.7. The average Bonchev–Trinajstić information content (AvgIpc) is 3.54. The molecule has 2 atom stereocenters. The lowest BCUT2D eigenvalue weighted by molar-refractivity contribution is 0.0978. The van der Waals surface area contributed by atoms with Crippen LogP contribution < -0.4 is 14.8 Å². The maximum atomic E-state index is 12.7. The molecule has 0 spiro atoms. The highest BCUT2D eigenvalue weighted by atomic mass is 16.5. The Kier molecular flexibility index (Phi) is 8.73. The van der Waals surface area contributed by atoms with E-state index >= 15 is 0 Å². The number of carbonyl (C=O) groups excluding carboxylic acids is 1. The fourth-order valence-electron chi connectivity index (χ4n) is 5.56.